The number of carbonyl (C=O) groups is 1. The van der Waals surface area contributed by atoms with Crippen LogP contribution in [0.15, 0.2) is 36.4 Å². The fraction of sp³-hybridized carbons (Fsp3) is 0.278. The Morgan fingerprint density at radius 3 is 2.36 bits per heavy atom. The number of rotatable bonds is 8. The third-order valence-electron chi connectivity index (χ3n) is 3.40. The summed E-state index contributed by atoms with van der Waals surface area (Å²) in [6.07, 6.45) is 0. The van der Waals surface area contributed by atoms with Crippen LogP contribution in [0.2, 0.25) is 0 Å². The van der Waals surface area contributed by atoms with Crippen LogP contribution in [0.5, 0.6) is 17.2 Å². The Balaban J connectivity index is 1.90. The number of nitrogens with one attached hydrogen (secondary N) is 1. The lowest BCUT2D eigenvalue weighted by Crippen LogP contribution is -2.14. The number of carbonyl (C=O) groups excluding carboxylic acids is 1. The van der Waals surface area contributed by atoms with Gasteiger partial charge in [0.05, 0.1) is 27.1 Å². The first-order valence-corrected chi connectivity index (χ1v) is 8.65. The summed E-state index contributed by atoms with van der Waals surface area (Å²) in [4.78, 5) is 12.1. The van der Waals surface area contributed by atoms with Crippen molar-refractivity contribution in [1.82, 2.24) is 0 Å². The molecule has 0 heterocycles. The molecule has 0 aliphatic heterocycles. The van der Waals surface area contributed by atoms with Crippen LogP contribution in [0.3, 0.4) is 0 Å². The molecule has 0 saturated carbocycles. The first kappa shape index (κ1) is 18.9. The van der Waals surface area contributed by atoms with Gasteiger partial charge < -0.3 is 19.5 Å². The van der Waals surface area contributed by atoms with Gasteiger partial charge in [-0.2, -0.15) is 0 Å². The van der Waals surface area contributed by atoms with E-state index in [4.69, 9.17) is 14.2 Å². The molecular formula is C18H20FNO4S. The minimum absolute atomic E-state index is 0.160. The molecule has 7 heteroatoms. The van der Waals surface area contributed by atoms with E-state index >= 15 is 0 Å². The van der Waals surface area contributed by atoms with Gasteiger partial charge in [-0.1, -0.05) is 0 Å². The number of halogens is 1. The number of thioether (sulfide) groups is 1. The van der Waals surface area contributed by atoms with Crippen molar-refractivity contribution in [3.05, 3.63) is 47.8 Å². The van der Waals surface area contributed by atoms with Crippen LogP contribution in [0.1, 0.15) is 5.56 Å². The molecule has 5 nitrogen and oxygen atoms in total. The van der Waals surface area contributed by atoms with E-state index < -0.39 is 0 Å². The van der Waals surface area contributed by atoms with Crippen LogP contribution in [-0.2, 0) is 10.5 Å². The molecule has 0 radical (unpaired) electrons. The van der Waals surface area contributed by atoms with Gasteiger partial charge >= 0.3 is 0 Å². The van der Waals surface area contributed by atoms with E-state index in [1.54, 1.807) is 31.4 Å². The summed E-state index contributed by atoms with van der Waals surface area (Å²) in [5, 5.41) is 2.79. The SMILES string of the molecule is COc1ccc(F)cc1CSCC(=O)Nc1ccc(OC)c(OC)c1. The van der Waals surface area contributed by atoms with Crippen LogP contribution in [0, 0.1) is 5.82 Å². The van der Waals surface area contributed by atoms with E-state index in [2.05, 4.69) is 5.32 Å². The predicted octanol–water partition coefficient (Wildman–Crippen LogP) is 3.72. The lowest BCUT2D eigenvalue weighted by molar-refractivity contribution is -0.113. The number of hydrogen-bond acceptors (Lipinski definition) is 5. The van der Waals surface area contributed by atoms with Gasteiger partial charge in [-0.25, -0.2) is 4.39 Å². The van der Waals surface area contributed by atoms with Crippen molar-refractivity contribution < 1.29 is 23.4 Å². The Hall–Kier alpha value is -2.41. The third kappa shape index (κ3) is 5.29. The van der Waals surface area contributed by atoms with E-state index in [1.807, 2.05) is 0 Å². The van der Waals surface area contributed by atoms with Gasteiger partial charge in [0.15, 0.2) is 11.5 Å². The van der Waals surface area contributed by atoms with Gasteiger partial charge in [-0.3, -0.25) is 4.79 Å². The summed E-state index contributed by atoms with van der Waals surface area (Å²) in [7, 11) is 4.62. The van der Waals surface area contributed by atoms with E-state index in [9.17, 15) is 9.18 Å². The Labute approximate surface area is 150 Å². The zero-order valence-corrected chi connectivity index (χ0v) is 15.1. The van der Waals surface area contributed by atoms with Crippen molar-refractivity contribution in [1.29, 1.82) is 0 Å². The van der Waals surface area contributed by atoms with Crippen LogP contribution in [-0.4, -0.2) is 33.0 Å². The topological polar surface area (TPSA) is 56.8 Å². The molecule has 2 aromatic carbocycles. The second kappa shape index (κ2) is 9.17. The highest BCUT2D eigenvalue weighted by atomic mass is 32.2. The molecule has 2 aromatic rings. The Bertz CT molecular complexity index is 739. The summed E-state index contributed by atoms with van der Waals surface area (Å²) >= 11 is 1.37. The molecule has 0 spiro atoms. The van der Waals surface area contributed by atoms with Crippen molar-refractivity contribution in [3.8, 4) is 17.2 Å². The monoisotopic (exact) mass is 365 g/mol. The molecule has 0 aliphatic carbocycles. The molecular weight excluding hydrogens is 345 g/mol. The summed E-state index contributed by atoms with van der Waals surface area (Å²) in [6.45, 7) is 0. The zero-order chi connectivity index (χ0) is 18.2. The number of anilines is 1. The Morgan fingerprint density at radius 2 is 1.68 bits per heavy atom. The summed E-state index contributed by atoms with van der Waals surface area (Å²) in [6, 6.07) is 9.49. The maximum Gasteiger partial charge on any atom is 0.234 e. The number of benzene rings is 2. The van der Waals surface area contributed by atoms with Crippen molar-refractivity contribution >= 4 is 23.4 Å². The lowest BCUT2D eigenvalue weighted by Gasteiger charge is -2.11. The molecule has 0 aliphatic rings. The highest BCUT2D eigenvalue weighted by Gasteiger charge is 2.09. The predicted molar refractivity (Wildman–Crippen MR) is 97.3 cm³/mol. The molecule has 0 fully saturated rings. The fourth-order valence-corrected chi connectivity index (χ4v) is 3.03. The van der Waals surface area contributed by atoms with Gasteiger partial charge in [0.25, 0.3) is 0 Å². The Morgan fingerprint density at radius 1 is 1.00 bits per heavy atom. The average molecular weight is 365 g/mol. The lowest BCUT2D eigenvalue weighted by atomic mass is 10.2. The molecule has 134 valence electrons. The smallest absolute Gasteiger partial charge is 0.234 e. The second-order valence-electron chi connectivity index (χ2n) is 5.07. The van der Waals surface area contributed by atoms with Crippen molar-refractivity contribution in [2.75, 3.05) is 32.4 Å². The van der Waals surface area contributed by atoms with Gasteiger partial charge in [-0.15, -0.1) is 11.8 Å². The summed E-state index contributed by atoms with van der Waals surface area (Å²) in [5.41, 5.74) is 1.33. The number of amides is 1. The largest absolute Gasteiger partial charge is 0.496 e. The van der Waals surface area contributed by atoms with E-state index in [1.165, 1.54) is 38.1 Å². The molecule has 1 amide bonds. The number of hydrogen-bond donors (Lipinski definition) is 1. The van der Waals surface area contributed by atoms with Crippen molar-refractivity contribution in [3.63, 3.8) is 0 Å². The molecule has 0 saturated heterocycles. The van der Waals surface area contributed by atoms with Crippen LogP contribution < -0.4 is 19.5 Å². The van der Waals surface area contributed by atoms with Crippen LogP contribution in [0.25, 0.3) is 0 Å². The van der Waals surface area contributed by atoms with Gasteiger partial charge in [-0.05, 0) is 30.3 Å². The molecule has 0 bridgehead atoms. The van der Waals surface area contributed by atoms with E-state index in [0.29, 0.717) is 34.3 Å². The first-order chi connectivity index (χ1) is 12.1. The minimum atomic E-state index is -0.328. The maximum atomic E-state index is 13.3. The van der Waals surface area contributed by atoms with E-state index in [-0.39, 0.29) is 17.5 Å². The second-order valence-corrected chi connectivity index (χ2v) is 6.05. The number of methoxy groups -OCH3 is 3. The minimum Gasteiger partial charge on any atom is -0.496 e. The van der Waals surface area contributed by atoms with Crippen molar-refractivity contribution in [2.24, 2.45) is 0 Å². The van der Waals surface area contributed by atoms with Crippen LogP contribution >= 0.6 is 11.8 Å². The molecule has 2 rings (SSSR count). The molecule has 25 heavy (non-hydrogen) atoms. The highest BCUT2D eigenvalue weighted by Crippen LogP contribution is 2.30. The van der Waals surface area contributed by atoms with Crippen LogP contribution in [0.4, 0.5) is 10.1 Å². The third-order valence-corrected chi connectivity index (χ3v) is 4.38. The Kier molecular flexibility index (Phi) is 6.94. The standard InChI is InChI=1S/C18H20FNO4S/c1-22-15-6-4-13(19)8-12(15)10-25-11-18(21)20-14-5-7-16(23-2)17(9-14)24-3/h4-9H,10-11H2,1-3H3,(H,20,21). The summed E-state index contributed by atoms with van der Waals surface area (Å²) < 4.78 is 28.9. The van der Waals surface area contributed by atoms with Crippen molar-refractivity contribution in [2.45, 2.75) is 5.75 Å². The zero-order valence-electron chi connectivity index (χ0n) is 14.3. The quantitative estimate of drug-likeness (QED) is 0.773. The van der Waals surface area contributed by atoms with Gasteiger partial charge in [0, 0.05) is 23.1 Å². The number of ether oxygens (including phenoxy) is 3. The first-order valence-electron chi connectivity index (χ1n) is 7.49. The highest BCUT2D eigenvalue weighted by molar-refractivity contribution is 7.99. The van der Waals surface area contributed by atoms with Gasteiger partial charge in [0.2, 0.25) is 5.91 Å². The molecule has 1 N–H and O–H groups in total. The molecule has 0 atom stereocenters. The fourth-order valence-electron chi connectivity index (χ4n) is 2.22. The molecule has 0 unspecified atom stereocenters. The van der Waals surface area contributed by atoms with Gasteiger partial charge in [0.1, 0.15) is 11.6 Å². The summed E-state index contributed by atoms with van der Waals surface area (Å²) in [5.74, 6) is 1.95. The maximum absolute atomic E-state index is 13.3. The average Bonchev–Trinajstić information content (AvgIpc) is 2.61. The van der Waals surface area contributed by atoms with E-state index in [0.717, 1.165) is 0 Å². The normalized spacial score (nSPS) is 10.2. The molecule has 0 aromatic heterocycles.